The van der Waals surface area contributed by atoms with E-state index in [0.29, 0.717) is 36.0 Å². The number of ether oxygens (including phenoxy) is 1. The van der Waals surface area contributed by atoms with E-state index in [0.717, 1.165) is 5.92 Å². The standard InChI is InChI=1S/C17H30N2O2/c1-16(2)11-6-8-17(16,3)14(10-11)21-9-7-13(15(18)20)19-12-4-5-12/h11-14,19H,4-10H2,1-3H3,(H2,18,20). The van der Waals surface area contributed by atoms with E-state index in [2.05, 4.69) is 26.1 Å². The molecule has 0 heterocycles. The van der Waals surface area contributed by atoms with Gasteiger partial charge in [0.05, 0.1) is 12.1 Å². The number of amides is 1. The Morgan fingerprint density at radius 2 is 2.05 bits per heavy atom. The molecular formula is C17H30N2O2. The molecule has 0 radical (unpaired) electrons. The van der Waals surface area contributed by atoms with Crippen LogP contribution in [0.15, 0.2) is 0 Å². The minimum atomic E-state index is -0.245. The lowest BCUT2D eigenvalue weighted by atomic mass is 9.70. The highest BCUT2D eigenvalue weighted by Crippen LogP contribution is 2.66. The highest BCUT2D eigenvalue weighted by atomic mass is 16.5. The molecule has 2 bridgehead atoms. The fraction of sp³-hybridized carbons (Fsp3) is 0.941. The minimum absolute atomic E-state index is 0.225. The maximum Gasteiger partial charge on any atom is 0.234 e. The van der Waals surface area contributed by atoms with Crippen molar-refractivity contribution in [3.63, 3.8) is 0 Å². The first kappa shape index (κ1) is 15.3. The molecule has 0 aliphatic heterocycles. The van der Waals surface area contributed by atoms with Crippen molar-refractivity contribution in [1.82, 2.24) is 5.32 Å². The number of nitrogens with two attached hydrogens (primary N) is 1. The molecule has 4 atom stereocenters. The average molecular weight is 294 g/mol. The topological polar surface area (TPSA) is 64.3 Å². The molecule has 0 aromatic carbocycles. The van der Waals surface area contributed by atoms with Crippen molar-refractivity contribution in [2.24, 2.45) is 22.5 Å². The van der Waals surface area contributed by atoms with Gasteiger partial charge in [0.15, 0.2) is 0 Å². The molecule has 1 amide bonds. The van der Waals surface area contributed by atoms with Gasteiger partial charge in [-0.1, -0.05) is 20.8 Å². The van der Waals surface area contributed by atoms with Gasteiger partial charge < -0.3 is 15.8 Å². The minimum Gasteiger partial charge on any atom is -0.378 e. The van der Waals surface area contributed by atoms with Crippen LogP contribution in [0.4, 0.5) is 0 Å². The Labute approximate surface area is 128 Å². The molecule has 0 aromatic heterocycles. The third-order valence-corrected chi connectivity index (χ3v) is 6.80. The Bertz CT molecular complexity index is 419. The van der Waals surface area contributed by atoms with Crippen molar-refractivity contribution in [1.29, 1.82) is 0 Å². The van der Waals surface area contributed by atoms with Crippen LogP contribution >= 0.6 is 0 Å². The van der Waals surface area contributed by atoms with Crippen molar-refractivity contribution < 1.29 is 9.53 Å². The summed E-state index contributed by atoms with van der Waals surface area (Å²) in [5.74, 6) is 0.550. The second-order valence-corrected chi connectivity index (χ2v) is 8.15. The van der Waals surface area contributed by atoms with E-state index in [9.17, 15) is 4.79 Å². The monoisotopic (exact) mass is 294 g/mol. The maximum absolute atomic E-state index is 11.5. The first-order valence-electron chi connectivity index (χ1n) is 8.51. The zero-order valence-corrected chi connectivity index (χ0v) is 13.7. The molecular weight excluding hydrogens is 264 g/mol. The van der Waals surface area contributed by atoms with E-state index in [1.54, 1.807) is 0 Å². The Morgan fingerprint density at radius 3 is 2.52 bits per heavy atom. The number of fused-ring (bicyclic) bond motifs is 2. The summed E-state index contributed by atoms with van der Waals surface area (Å²) in [6.07, 6.45) is 7.18. The van der Waals surface area contributed by atoms with E-state index in [1.807, 2.05) is 0 Å². The maximum atomic E-state index is 11.5. The van der Waals surface area contributed by atoms with Gasteiger partial charge in [0.1, 0.15) is 0 Å². The first-order chi connectivity index (χ1) is 9.84. The Balaban J connectivity index is 1.50. The van der Waals surface area contributed by atoms with Gasteiger partial charge in [-0.25, -0.2) is 0 Å². The molecule has 0 aromatic rings. The molecule has 0 spiro atoms. The molecule has 3 N–H and O–H groups in total. The van der Waals surface area contributed by atoms with Crippen LogP contribution in [-0.2, 0) is 9.53 Å². The molecule has 3 aliphatic carbocycles. The van der Waals surface area contributed by atoms with Crippen LogP contribution in [-0.4, -0.2) is 30.7 Å². The molecule has 21 heavy (non-hydrogen) atoms. The summed E-state index contributed by atoms with van der Waals surface area (Å²) < 4.78 is 6.21. The zero-order chi connectivity index (χ0) is 15.3. The highest BCUT2D eigenvalue weighted by molar-refractivity contribution is 5.79. The third-order valence-electron chi connectivity index (χ3n) is 6.80. The summed E-state index contributed by atoms with van der Waals surface area (Å²) in [5.41, 5.74) is 6.16. The van der Waals surface area contributed by atoms with Crippen molar-refractivity contribution in [3.8, 4) is 0 Å². The van der Waals surface area contributed by atoms with Gasteiger partial charge in [-0.2, -0.15) is 0 Å². The number of carbonyl (C=O) groups is 1. The van der Waals surface area contributed by atoms with Gasteiger partial charge in [0, 0.05) is 12.6 Å². The van der Waals surface area contributed by atoms with Crippen LogP contribution in [0.25, 0.3) is 0 Å². The third kappa shape index (κ3) is 2.61. The van der Waals surface area contributed by atoms with Crippen molar-refractivity contribution in [2.75, 3.05) is 6.61 Å². The molecule has 3 fully saturated rings. The van der Waals surface area contributed by atoms with Crippen LogP contribution in [0.5, 0.6) is 0 Å². The molecule has 0 saturated heterocycles. The van der Waals surface area contributed by atoms with E-state index in [-0.39, 0.29) is 11.9 Å². The summed E-state index contributed by atoms with van der Waals surface area (Å²) in [6, 6.07) is 0.276. The fourth-order valence-corrected chi connectivity index (χ4v) is 4.55. The Morgan fingerprint density at radius 1 is 1.33 bits per heavy atom. The van der Waals surface area contributed by atoms with Gasteiger partial charge in [0.2, 0.25) is 5.91 Å². The van der Waals surface area contributed by atoms with E-state index >= 15 is 0 Å². The highest BCUT2D eigenvalue weighted by Gasteiger charge is 2.61. The van der Waals surface area contributed by atoms with Crippen LogP contribution in [0, 0.1) is 16.7 Å². The lowest BCUT2D eigenvalue weighted by Gasteiger charge is -2.39. The van der Waals surface area contributed by atoms with Crippen LogP contribution < -0.4 is 11.1 Å². The summed E-state index contributed by atoms with van der Waals surface area (Å²) in [7, 11) is 0. The predicted molar refractivity (Wildman–Crippen MR) is 82.7 cm³/mol. The van der Waals surface area contributed by atoms with Gasteiger partial charge in [-0.3, -0.25) is 4.79 Å². The second kappa shape index (κ2) is 5.24. The predicted octanol–water partition coefficient (Wildman–Crippen LogP) is 2.21. The molecule has 3 aliphatic rings. The SMILES string of the molecule is CC1(C)C2CCC1(C)C(OCCC(NC1CC1)C(N)=O)C2. The zero-order valence-electron chi connectivity index (χ0n) is 13.7. The molecule has 4 nitrogen and oxygen atoms in total. The van der Waals surface area contributed by atoms with E-state index in [4.69, 9.17) is 10.5 Å². The Hall–Kier alpha value is -0.610. The molecule has 3 saturated carbocycles. The number of primary amides is 1. The molecule has 4 unspecified atom stereocenters. The van der Waals surface area contributed by atoms with E-state index < -0.39 is 0 Å². The largest absolute Gasteiger partial charge is 0.378 e. The van der Waals surface area contributed by atoms with Crippen molar-refractivity contribution in [3.05, 3.63) is 0 Å². The fourth-order valence-electron chi connectivity index (χ4n) is 4.55. The van der Waals surface area contributed by atoms with Crippen LogP contribution in [0.1, 0.15) is 59.3 Å². The number of hydrogen-bond donors (Lipinski definition) is 2. The molecule has 4 heteroatoms. The van der Waals surface area contributed by atoms with Crippen LogP contribution in [0.3, 0.4) is 0 Å². The normalized spacial score (nSPS) is 38.6. The lowest BCUT2D eigenvalue weighted by Crippen LogP contribution is -2.44. The first-order valence-corrected chi connectivity index (χ1v) is 8.51. The summed E-state index contributed by atoms with van der Waals surface area (Å²) in [5, 5.41) is 3.32. The number of rotatable bonds is 7. The van der Waals surface area contributed by atoms with Crippen LogP contribution in [0.2, 0.25) is 0 Å². The van der Waals surface area contributed by atoms with Crippen molar-refractivity contribution in [2.45, 2.75) is 77.5 Å². The number of hydrogen-bond acceptors (Lipinski definition) is 3. The number of carbonyl (C=O) groups excluding carboxylic acids is 1. The Kier molecular flexibility index (Phi) is 3.81. The van der Waals surface area contributed by atoms with Gasteiger partial charge in [-0.15, -0.1) is 0 Å². The number of nitrogens with one attached hydrogen (secondary N) is 1. The molecule has 120 valence electrons. The summed E-state index contributed by atoms with van der Waals surface area (Å²) >= 11 is 0. The smallest absolute Gasteiger partial charge is 0.234 e. The average Bonchev–Trinajstić information content (AvgIpc) is 3.16. The summed E-state index contributed by atoms with van der Waals surface area (Å²) in [4.78, 5) is 11.5. The van der Waals surface area contributed by atoms with Gasteiger partial charge in [-0.05, 0) is 55.3 Å². The van der Waals surface area contributed by atoms with Gasteiger partial charge >= 0.3 is 0 Å². The van der Waals surface area contributed by atoms with E-state index in [1.165, 1.54) is 32.1 Å². The lowest BCUT2D eigenvalue weighted by molar-refractivity contribution is -0.121. The van der Waals surface area contributed by atoms with Gasteiger partial charge in [0.25, 0.3) is 0 Å². The summed E-state index contributed by atoms with van der Waals surface area (Å²) in [6.45, 7) is 7.82. The second-order valence-electron chi connectivity index (χ2n) is 8.15. The quantitative estimate of drug-likeness (QED) is 0.756. The van der Waals surface area contributed by atoms with Crippen molar-refractivity contribution >= 4 is 5.91 Å². The molecule has 3 rings (SSSR count).